The van der Waals surface area contributed by atoms with Gasteiger partial charge in [0.15, 0.2) is 0 Å². The topological polar surface area (TPSA) is 66.8 Å². The van der Waals surface area contributed by atoms with Crippen LogP contribution >= 0.6 is 0 Å². The minimum Gasteiger partial charge on any atom is -0.469 e. The summed E-state index contributed by atoms with van der Waals surface area (Å²) in [5, 5.41) is 9.36. The van der Waals surface area contributed by atoms with Crippen LogP contribution in [0, 0.1) is 5.92 Å². The normalized spacial score (nSPS) is 13.4. The third-order valence-electron chi connectivity index (χ3n) is 2.89. The predicted molar refractivity (Wildman–Crippen MR) is 73.5 cm³/mol. The number of allylic oxidation sites excluding steroid dienone is 1. The van der Waals surface area contributed by atoms with E-state index in [0.29, 0.717) is 6.42 Å². The molecule has 19 heavy (non-hydrogen) atoms. The lowest BCUT2D eigenvalue weighted by atomic mass is 10.1. The van der Waals surface area contributed by atoms with Crippen LogP contribution in [-0.2, 0) is 14.3 Å². The molecule has 0 aliphatic rings. The highest BCUT2D eigenvalue weighted by molar-refractivity contribution is 5.88. The molecule has 5 nitrogen and oxygen atoms in total. The Labute approximate surface area is 115 Å². The Balaban J connectivity index is 5.01. The average Bonchev–Trinajstić information content (AvgIpc) is 2.36. The molecule has 1 N–H and O–H groups in total. The molecule has 1 amide bonds. The van der Waals surface area contributed by atoms with Crippen LogP contribution in [0.25, 0.3) is 0 Å². The maximum atomic E-state index is 12.1. The lowest BCUT2D eigenvalue weighted by Gasteiger charge is -2.30. The van der Waals surface area contributed by atoms with Gasteiger partial charge in [-0.1, -0.05) is 19.4 Å². The van der Waals surface area contributed by atoms with Crippen molar-refractivity contribution in [2.75, 3.05) is 20.3 Å². The van der Waals surface area contributed by atoms with Gasteiger partial charge >= 0.3 is 5.97 Å². The summed E-state index contributed by atoms with van der Waals surface area (Å²) in [5.41, 5.74) is 0.883. The van der Waals surface area contributed by atoms with Crippen molar-refractivity contribution in [3.63, 3.8) is 0 Å². The molecule has 0 aromatic heterocycles. The first-order valence-corrected chi connectivity index (χ1v) is 6.51. The molecular formula is C14H25NO4. The van der Waals surface area contributed by atoms with Crippen LogP contribution in [0.1, 0.15) is 34.1 Å². The maximum Gasteiger partial charge on any atom is 0.310 e. The minimum atomic E-state index is -0.417. The Morgan fingerprint density at radius 2 is 1.95 bits per heavy atom. The summed E-state index contributed by atoms with van der Waals surface area (Å²) in [6.45, 7) is 7.39. The second kappa shape index (κ2) is 8.69. The van der Waals surface area contributed by atoms with E-state index in [9.17, 15) is 14.7 Å². The van der Waals surface area contributed by atoms with Gasteiger partial charge in [-0.3, -0.25) is 9.59 Å². The van der Waals surface area contributed by atoms with Gasteiger partial charge in [-0.2, -0.15) is 0 Å². The fourth-order valence-corrected chi connectivity index (χ4v) is 1.77. The van der Waals surface area contributed by atoms with E-state index in [1.165, 1.54) is 18.1 Å². The third kappa shape index (κ3) is 5.87. The van der Waals surface area contributed by atoms with Gasteiger partial charge in [0.1, 0.15) is 0 Å². The monoisotopic (exact) mass is 271 g/mol. The summed E-state index contributed by atoms with van der Waals surface area (Å²) in [4.78, 5) is 25.1. The number of amides is 1. The summed E-state index contributed by atoms with van der Waals surface area (Å²) in [7, 11) is 1.32. The number of methoxy groups -OCH3 is 1. The van der Waals surface area contributed by atoms with E-state index in [1.54, 1.807) is 6.92 Å². The van der Waals surface area contributed by atoms with E-state index < -0.39 is 5.92 Å². The SMILES string of the molecule is CCC(CO)N(CC(C)C(=O)OC)C(=O)C=C(C)C. The van der Waals surface area contributed by atoms with Crippen LogP contribution in [0.4, 0.5) is 0 Å². The number of hydrogen-bond donors (Lipinski definition) is 1. The number of hydrogen-bond acceptors (Lipinski definition) is 4. The molecule has 110 valence electrons. The number of esters is 1. The van der Waals surface area contributed by atoms with Crippen molar-refractivity contribution in [1.82, 2.24) is 4.90 Å². The van der Waals surface area contributed by atoms with E-state index in [0.717, 1.165) is 5.57 Å². The number of rotatable bonds is 7. The number of carbonyl (C=O) groups is 2. The van der Waals surface area contributed by atoms with Crippen LogP contribution in [0.3, 0.4) is 0 Å². The zero-order valence-corrected chi connectivity index (χ0v) is 12.5. The lowest BCUT2D eigenvalue weighted by molar-refractivity contribution is -0.146. The fraction of sp³-hybridized carbons (Fsp3) is 0.714. The van der Waals surface area contributed by atoms with Crippen molar-refractivity contribution in [2.24, 2.45) is 5.92 Å². The summed E-state index contributed by atoms with van der Waals surface area (Å²) < 4.78 is 4.67. The van der Waals surface area contributed by atoms with Crippen LogP contribution in [0.15, 0.2) is 11.6 Å². The van der Waals surface area contributed by atoms with Crippen molar-refractivity contribution in [2.45, 2.75) is 40.2 Å². The number of ether oxygens (including phenoxy) is 1. The molecule has 0 saturated carbocycles. The standard InChI is InChI=1S/C14H25NO4/c1-6-12(9-16)15(13(17)7-10(2)3)8-11(4)14(18)19-5/h7,11-12,16H,6,8-9H2,1-5H3. The second-order valence-corrected chi connectivity index (χ2v) is 4.88. The Morgan fingerprint density at radius 1 is 1.37 bits per heavy atom. The predicted octanol–water partition coefficient (Wildman–Crippen LogP) is 1.36. The van der Waals surface area contributed by atoms with E-state index in [-0.39, 0.29) is 31.1 Å². The zero-order chi connectivity index (χ0) is 15.0. The van der Waals surface area contributed by atoms with Crippen molar-refractivity contribution >= 4 is 11.9 Å². The number of nitrogens with zero attached hydrogens (tertiary/aromatic N) is 1. The van der Waals surface area contributed by atoms with Crippen LogP contribution in [0.5, 0.6) is 0 Å². The van der Waals surface area contributed by atoms with E-state index in [1.807, 2.05) is 20.8 Å². The highest BCUT2D eigenvalue weighted by Crippen LogP contribution is 2.11. The largest absolute Gasteiger partial charge is 0.469 e. The van der Waals surface area contributed by atoms with Gasteiger partial charge in [0.05, 0.1) is 25.7 Å². The molecule has 0 heterocycles. The quantitative estimate of drug-likeness (QED) is 0.561. The molecule has 0 aliphatic carbocycles. The molecule has 2 atom stereocenters. The molecule has 0 aromatic carbocycles. The Morgan fingerprint density at radius 3 is 2.32 bits per heavy atom. The Kier molecular flexibility index (Phi) is 8.07. The molecular weight excluding hydrogens is 246 g/mol. The Hall–Kier alpha value is -1.36. The summed E-state index contributed by atoms with van der Waals surface area (Å²) in [5.74, 6) is -0.959. The van der Waals surface area contributed by atoms with Crippen molar-refractivity contribution in [1.29, 1.82) is 0 Å². The van der Waals surface area contributed by atoms with Crippen LogP contribution < -0.4 is 0 Å². The molecule has 0 radical (unpaired) electrons. The molecule has 0 aromatic rings. The van der Waals surface area contributed by atoms with Crippen LogP contribution in [0.2, 0.25) is 0 Å². The van der Waals surface area contributed by atoms with E-state index in [4.69, 9.17) is 0 Å². The average molecular weight is 271 g/mol. The lowest BCUT2D eigenvalue weighted by Crippen LogP contribution is -2.45. The summed E-state index contributed by atoms with van der Waals surface area (Å²) >= 11 is 0. The van der Waals surface area contributed by atoms with Crippen molar-refractivity contribution in [3.8, 4) is 0 Å². The molecule has 5 heteroatoms. The van der Waals surface area contributed by atoms with E-state index in [2.05, 4.69) is 4.74 Å². The first kappa shape index (κ1) is 17.6. The Bertz CT molecular complexity index is 330. The molecule has 0 fully saturated rings. The van der Waals surface area contributed by atoms with Gasteiger partial charge in [-0.05, 0) is 20.3 Å². The van der Waals surface area contributed by atoms with Crippen molar-refractivity contribution in [3.05, 3.63) is 11.6 Å². The fourth-order valence-electron chi connectivity index (χ4n) is 1.77. The van der Waals surface area contributed by atoms with Gasteiger partial charge in [0.2, 0.25) is 5.91 Å². The molecule has 0 saturated heterocycles. The second-order valence-electron chi connectivity index (χ2n) is 4.88. The van der Waals surface area contributed by atoms with Gasteiger partial charge < -0.3 is 14.7 Å². The summed E-state index contributed by atoms with van der Waals surface area (Å²) in [6.07, 6.45) is 2.15. The highest BCUT2D eigenvalue weighted by Gasteiger charge is 2.25. The number of aliphatic hydroxyl groups is 1. The van der Waals surface area contributed by atoms with E-state index >= 15 is 0 Å². The molecule has 0 spiro atoms. The van der Waals surface area contributed by atoms with Gasteiger partial charge in [-0.25, -0.2) is 0 Å². The molecule has 0 bridgehead atoms. The zero-order valence-electron chi connectivity index (χ0n) is 12.5. The van der Waals surface area contributed by atoms with Crippen LogP contribution in [-0.4, -0.2) is 48.2 Å². The number of carbonyl (C=O) groups excluding carboxylic acids is 2. The molecule has 0 rings (SSSR count). The third-order valence-corrected chi connectivity index (χ3v) is 2.89. The molecule has 0 aliphatic heterocycles. The maximum absolute atomic E-state index is 12.1. The molecule has 2 unspecified atom stereocenters. The highest BCUT2D eigenvalue weighted by atomic mass is 16.5. The van der Waals surface area contributed by atoms with Crippen molar-refractivity contribution < 1.29 is 19.4 Å². The number of aliphatic hydroxyl groups excluding tert-OH is 1. The first-order chi connectivity index (χ1) is 8.87. The first-order valence-electron chi connectivity index (χ1n) is 6.51. The van der Waals surface area contributed by atoms with Gasteiger partial charge in [-0.15, -0.1) is 0 Å². The minimum absolute atomic E-state index is 0.118. The smallest absolute Gasteiger partial charge is 0.310 e. The van der Waals surface area contributed by atoms with Gasteiger partial charge in [0.25, 0.3) is 0 Å². The summed E-state index contributed by atoms with van der Waals surface area (Å²) in [6, 6.07) is -0.282. The van der Waals surface area contributed by atoms with Gasteiger partial charge in [0, 0.05) is 12.6 Å².